The first-order valence-corrected chi connectivity index (χ1v) is 7.66. The summed E-state index contributed by atoms with van der Waals surface area (Å²) in [6.45, 7) is 2.05. The lowest BCUT2D eigenvalue weighted by atomic mass is 9.98. The van der Waals surface area contributed by atoms with Gasteiger partial charge in [-0.15, -0.1) is 0 Å². The molecule has 0 amide bonds. The molecule has 1 aliphatic carbocycles. The maximum absolute atomic E-state index is 13.8. The highest BCUT2D eigenvalue weighted by Gasteiger charge is 2.39. The van der Waals surface area contributed by atoms with Crippen molar-refractivity contribution in [3.05, 3.63) is 61.9 Å². The molecule has 23 heavy (non-hydrogen) atoms. The maximum atomic E-state index is 13.8. The number of nitro groups is 1. The Morgan fingerprint density at radius 1 is 1.17 bits per heavy atom. The summed E-state index contributed by atoms with van der Waals surface area (Å²) in [4.78, 5) is 10.2. The highest BCUT2D eigenvalue weighted by Crippen LogP contribution is 2.49. The fraction of sp³-hybridized carbons (Fsp3) is 0.250. The average molecular weight is 356 g/mol. The molecule has 0 bridgehead atoms. The van der Waals surface area contributed by atoms with Crippen LogP contribution in [0.1, 0.15) is 25.3 Å². The van der Waals surface area contributed by atoms with Crippen molar-refractivity contribution in [2.24, 2.45) is 0 Å². The van der Waals surface area contributed by atoms with E-state index in [4.69, 9.17) is 27.9 Å². The molecular weight excluding hydrogens is 344 g/mol. The lowest BCUT2D eigenvalue weighted by Crippen LogP contribution is -2.01. The third-order valence-electron chi connectivity index (χ3n) is 3.98. The van der Waals surface area contributed by atoms with Crippen molar-refractivity contribution in [1.82, 2.24) is 0 Å². The van der Waals surface area contributed by atoms with Crippen LogP contribution in [0, 0.1) is 15.9 Å². The van der Waals surface area contributed by atoms with Gasteiger partial charge in [-0.1, -0.05) is 30.1 Å². The second-order valence-corrected chi connectivity index (χ2v) is 6.65. The van der Waals surface area contributed by atoms with E-state index in [1.807, 2.05) is 0 Å². The summed E-state index contributed by atoms with van der Waals surface area (Å²) in [6.07, 6.45) is 1.99. The van der Waals surface area contributed by atoms with E-state index in [0.717, 1.165) is 30.5 Å². The van der Waals surface area contributed by atoms with E-state index in [0.29, 0.717) is 0 Å². The predicted octanol–water partition coefficient (Wildman–Crippen LogP) is 5.88. The van der Waals surface area contributed by atoms with Crippen LogP contribution in [0.2, 0.25) is 10.0 Å². The Hall–Kier alpha value is -1.85. The summed E-state index contributed by atoms with van der Waals surface area (Å²) >= 11 is 12.0. The molecule has 0 heterocycles. The van der Waals surface area contributed by atoms with Gasteiger partial charge in [0.2, 0.25) is 0 Å². The number of rotatable bonds is 4. The van der Waals surface area contributed by atoms with Gasteiger partial charge < -0.3 is 4.74 Å². The van der Waals surface area contributed by atoms with Crippen molar-refractivity contribution in [1.29, 1.82) is 0 Å². The zero-order chi connectivity index (χ0) is 16.8. The second-order valence-electron chi connectivity index (χ2n) is 5.83. The summed E-state index contributed by atoms with van der Waals surface area (Å²) in [7, 11) is 0. The second kappa shape index (κ2) is 5.65. The maximum Gasteiger partial charge on any atom is 0.272 e. The molecule has 0 unspecified atom stereocenters. The normalized spacial score (nSPS) is 15.3. The molecule has 2 aromatic carbocycles. The minimum absolute atomic E-state index is 0.00681. The quantitative estimate of drug-likeness (QED) is 0.507. The molecular formula is C16H12Cl2FNO3. The van der Waals surface area contributed by atoms with Gasteiger partial charge in [0.05, 0.1) is 15.0 Å². The molecule has 0 saturated heterocycles. The minimum Gasteiger partial charge on any atom is -0.454 e. The number of halogens is 3. The third kappa shape index (κ3) is 3.26. The lowest BCUT2D eigenvalue weighted by molar-refractivity contribution is -0.384. The van der Waals surface area contributed by atoms with Gasteiger partial charge in [0, 0.05) is 18.2 Å². The zero-order valence-electron chi connectivity index (χ0n) is 12.1. The number of hydrogen-bond donors (Lipinski definition) is 0. The van der Waals surface area contributed by atoms with Gasteiger partial charge in [-0.25, -0.2) is 4.39 Å². The molecule has 2 aromatic rings. The first-order chi connectivity index (χ1) is 10.8. The Kier molecular flexibility index (Phi) is 3.94. The standard InChI is InChI=1S/C16H12Cl2FNO3/c1-16(2-3-16)9-4-10(19)6-12(5-9)23-15-13(17)7-11(20(21)22)8-14(15)18/h4-8H,2-3H2,1H3. The Morgan fingerprint density at radius 2 is 1.78 bits per heavy atom. The number of hydrogen-bond acceptors (Lipinski definition) is 3. The topological polar surface area (TPSA) is 52.4 Å². The molecule has 0 radical (unpaired) electrons. The number of non-ortho nitro benzene ring substituents is 1. The van der Waals surface area contributed by atoms with Crippen molar-refractivity contribution in [2.75, 3.05) is 0 Å². The molecule has 3 rings (SSSR count). The summed E-state index contributed by atoms with van der Waals surface area (Å²) in [5.74, 6) is -0.0954. The Balaban J connectivity index is 1.96. The van der Waals surface area contributed by atoms with Crippen molar-refractivity contribution in [2.45, 2.75) is 25.2 Å². The van der Waals surface area contributed by atoms with Gasteiger partial charge in [0.1, 0.15) is 11.6 Å². The molecule has 120 valence electrons. The molecule has 4 nitrogen and oxygen atoms in total. The van der Waals surface area contributed by atoms with E-state index in [1.54, 1.807) is 6.07 Å². The summed E-state index contributed by atoms with van der Waals surface area (Å²) < 4.78 is 19.4. The molecule has 0 N–H and O–H groups in total. The predicted molar refractivity (Wildman–Crippen MR) is 86.2 cm³/mol. The van der Waals surface area contributed by atoms with Gasteiger partial charge in [0.15, 0.2) is 5.75 Å². The van der Waals surface area contributed by atoms with Crippen molar-refractivity contribution >= 4 is 28.9 Å². The van der Waals surface area contributed by atoms with Gasteiger partial charge >= 0.3 is 0 Å². The van der Waals surface area contributed by atoms with Crippen LogP contribution in [0.4, 0.5) is 10.1 Å². The van der Waals surface area contributed by atoms with E-state index < -0.39 is 10.7 Å². The molecule has 0 spiro atoms. The summed E-state index contributed by atoms with van der Waals surface area (Å²) in [5, 5.41) is 10.8. The van der Waals surface area contributed by atoms with Crippen LogP contribution in [0.15, 0.2) is 30.3 Å². The average Bonchev–Trinajstić information content (AvgIpc) is 3.21. The van der Waals surface area contributed by atoms with E-state index in [9.17, 15) is 14.5 Å². The van der Waals surface area contributed by atoms with Crippen molar-refractivity contribution in [3.63, 3.8) is 0 Å². The van der Waals surface area contributed by atoms with E-state index in [-0.39, 0.29) is 32.6 Å². The highest BCUT2D eigenvalue weighted by atomic mass is 35.5. The van der Waals surface area contributed by atoms with Gasteiger partial charge in [-0.05, 0) is 36.0 Å². The minimum atomic E-state index is -0.601. The lowest BCUT2D eigenvalue weighted by Gasteiger charge is -2.14. The SMILES string of the molecule is CC1(c2cc(F)cc(Oc3c(Cl)cc([N+](=O)[O-])cc3Cl)c2)CC1. The third-order valence-corrected chi connectivity index (χ3v) is 4.54. The molecule has 1 saturated carbocycles. The molecule has 0 aliphatic heterocycles. The Morgan fingerprint density at radius 3 is 2.30 bits per heavy atom. The van der Waals surface area contributed by atoms with Gasteiger partial charge in [0.25, 0.3) is 5.69 Å². The molecule has 0 aromatic heterocycles. The zero-order valence-corrected chi connectivity index (χ0v) is 13.6. The highest BCUT2D eigenvalue weighted by molar-refractivity contribution is 6.37. The van der Waals surface area contributed by atoms with Crippen molar-refractivity contribution in [3.8, 4) is 11.5 Å². The number of nitro benzene ring substituents is 1. The van der Waals surface area contributed by atoms with E-state index in [1.165, 1.54) is 12.1 Å². The fourth-order valence-electron chi connectivity index (χ4n) is 2.31. The molecule has 0 atom stereocenters. The Bertz CT molecular complexity index is 783. The van der Waals surface area contributed by atoms with Crippen LogP contribution in [0.3, 0.4) is 0 Å². The van der Waals surface area contributed by atoms with Crippen LogP contribution in [0.25, 0.3) is 0 Å². The number of nitrogens with zero attached hydrogens (tertiary/aromatic N) is 1. The molecule has 1 fully saturated rings. The summed E-state index contributed by atoms with van der Waals surface area (Å²) in [6, 6.07) is 6.74. The van der Waals surface area contributed by atoms with Crippen LogP contribution in [0.5, 0.6) is 11.5 Å². The smallest absolute Gasteiger partial charge is 0.272 e. The van der Waals surface area contributed by atoms with Crippen LogP contribution < -0.4 is 4.74 Å². The van der Waals surface area contributed by atoms with E-state index in [2.05, 4.69) is 6.92 Å². The summed E-state index contributed by atoms with van der Waals surface area (Å²) in [5.41, 5.74) is 0.586. The van der Waals surface area contributed by atoms with Crippen LogP contribution >= 0.6 is 23.2 Å². The number of ether oxygens (including phenoxy) is 1. The van der Waals surface area contributed by atoms with E-state index >= 15 is 0 Å². The molecule has 7 heteroatoms. The van der Waals surface area contributed by atoms with Gasteiger partial charge in [-0.3, -0.25) is 10.1 Å². The largest absolute Gasteiger partial charge is 0.454 e. The molecule has 1 aliphatic rings. The Labute approximate surface area is 141 Å². The monoisotopic (exact) mass is 355 g/mol. The first-order valence-electron chi connectivity index (χ1n) is 6.91. The van der Waals surface area contributed by atoms with Crippen LogP contribution in [-0.4, -0.2) is 4.92 Å². The van der Waals surface area contributed by atoms with Gasteiger partial charge in [-0.2, -0.15) is 0 Å². The fourth-order valence-corrected chi connectivity index (χ4v) is 2.87. The first kappa shape index (κ1) is 16.0. The van der Waals surface area contributed by atoms with Crippen molar-refractivity contribution < 1.29 is 14.1 Å². The number of benzene rings is 2. The van der Waals surface area contributed by atoms with Crippen LogP contribution in [-0.2, 0) is 5.41 Å².